The highest BCUT2D eigenvalue weighted by molar-refractivity contribution is 5.83. The number of carboxylic acids is 5. The van der Waals surface area contributed by atoms with E-state index in [4.69, 9.17) is 35.6 Å². The number of hydrogen-bond donors (Lipinski definition) is 5. The molecule has 0 saturated heterocycles. The normalized spacial score (nSPS) is 9.64. The lowest BCUT2D eigenvalue weighted by molar-refractivity contribution is -0.145. The van der Waals surface area contributed by atoms with Crippen LogP contribution in [0, 0.1) is 11.3 Å². The lowest BCUT2D eigenvalue weighted by atomic mass is 10.4. The fourth-order valence-corrected chi connectivity index (χ4v) is 1.48. The van der Waals surface area contributed by atoms with E-state index < -0.39 is 56.0 Å². The Hall–Kier alpha value is -3.24. The Balaban J connectivity index is 0. The third-order valence-electron chi connectivity index (χ3n) is 2.26. The maximum absolute atomic E-state index is 10.6. The summed E-state index contributed by atoms with van der Waals surface area (Å²) in [6, 6.07) is 0.944. The minimum atomic E-state index is -1.44. The molecule has 0 aliphatic rings. The molecule has 0 amide bonds. The summed E-state index contributed by atoms with van der Waals surface area (Å²) in [5, 5.41) is 49.1. The fourth-order valence-electron chi connectivity index (χ4n) is 1.48. The van der Waals surface area contributed by atoms with E-state index in [9.17, 15) is 19.2 Å². The molecule has 0 spiro atoms. The van der Waals surface area contributed by atoms with Crippen molar-refractivity contribution in [3.05, 3.63) is 0 Å². The number of rotatable bonds is 11. The topological polar surface area (TPSA) is 217 Å². The summed E-state index contributed by atoms with van der Waals surface area (Å²) >= 11 is 0. The first kappa shape index (κ1) is 24.0. The quantitative estimate of drug-likeness (QED) is 0.190. The second-order valence-corrected chi connectivity index (χ2v) is 4.41. The van der Waals surface area contributed by atoms with Crippen LogP contribution in [0.5, 0.6) is 0 Å². The molecule has 0 radical (unpaired) electrons. The molecule has 0 saturated carbocycles. The number of nitriles is 1. The van der Waals surface area contributed by atoms with E-state index in [-0.39, 0.29) is 13.1 Å². The van der Waals surface area contributed by atoms with E-state index in [1.807, 2.05) is 0 Å². The number of carbonyl (C=O) groups is 5. The Morgan fingerprint density at radius 1 is 0.640 bits per heavy atom. The lowest BCUT2D eigenvalue weighted by Gasteiger charge is -2.23. The molecule has 140 valence electrons. The van der Waals surface area contributed by atoms with Gasteiger partial charge in [-0.25, -0.2) is 4.79 Å². The summed E-state index contributed by atoms with van der Waals surface area (Å²) in [5.41, 5.74) is 0. The summed E-state index contributed by atoms with van der Waals surface area (Å²) in [4.78, 5) is 53.4. The van der Waals surface area contributed by atoms with Gasteiger partial charge < -0.3 is 25.5 Å². The van der Waals surface area contributed by atoms with Crippen molar-refractivity contribution in [2.24, 2.45) is 0 Å². The number of nitrogens with zero attached hydrogens (tertiary/aromatic N) is 3. The molecule has 0 bridgehead atoms. The van der Waals surface area contributed by atoms with Gasteiger partial charge in [0.25, 0.3) is 0 Å². The van der Waals surface area contributed by atoms with Crippen LogP contribution < -0.4 is 0 Å². The molecule has 0 heterocycles. The minimum absolute atomic E-state index is 0.0703. The predicted octanol–water partition coefficient (Wildman–Crippen LogP) is -2.48. The van der Waals surface area contributed by atoms with Crippen molar-refractivity contribution in [1.29, 1.82) is 5.26 Å². The van der Waals surface area contributed by atoms with Gasteiger partial charge in [-0.1, -0.05) is 0 Å². The Labute approximate surface area is 140 Å². The van der Waals surface area contributed by atoms with Gasteiger partial charge in [-0.2, -0.15) is 5.26 Å². The summed E-state index contributed by atoms with van der Waals surface area (Å²) in [6.07, 6.45) is 0. The van der Waals surface area contributed by atoms with Gasteiger partial charge in [-0.3, -0.25) is 29.0 Å². The number of carboxylic acid groups (broad SMARTS) is 5. The van der Waals surface area contributed by atoms with Crippen LogP contribution >= 0.6 is 0 Å². The molecule has 0 atom stereocenters. The molecule has 0 aliphatic carbocycles. The lowest BCUT2D eigenvalue weighted by Crippen LogP contribution is -2.43. The molecule has 0 fully saturated rings. The largest absolute Gasteiger partial charge is 0.480 e. The molecule has 13 nitrogen and oxygen atoms in total. The van der Waals surface area contributed by atoms with E-state index in [2.05, 4.69) is 0 Å². The average Bonchev–Trinajstić information content (AvgIpc) is 2.42. The van der Waals surface area contributed by atoms with Crippen LogP contribution in [0.3, 0.4) is 0 Å². The summed E-state index contributed by atoms with van der Waals surface area (Å²) in [7, 11) is 0. The molecule has 0 rings (SSSR count). The average molecular weight is 363 g/mol. The van der Waals surface area contributed by atoms with Crippen molar-refractivity contribution in [2.45, 2.75) is 0 Å². The first-order chi connectivity index (χ1) is 11.5. The van der Waals surface area contributed by atoms with Crippen LogP contribution in [0.15, 0.2) is 0 Å². The first-order valence-electron chi connectivity index (χ1n) is 6.42. The van der Waals surface area contributed by atoms with Gasteiger partial charge in [0.05, 0.1) is 26.2 Å². The highest BCUT2D eigenvalue weighted by Crippen LogP contribution is 1.94. The van der Waals surface area contributed by atoms with Crippen LogP contribution in [0.1, 0.15) is 0 Å². The smallest absolute Gasteiger partial charge is 0.408 e. The zero-order chi connectivity index (χ0) is 20.0. The standard InChI is InChI=1S/C10H16N2O8.C2HNO2/c13-7(14)3-11(4-8(15)16)1-2-12(5-9(17)18)6-10(19)20;3-1-2(4)5/h1-6H2,(H,13,14)(H,15,16)(H,17,18)(H,19,20);(H,4,5). The van der Waals surface area contributed by atoms with E-state index in [0.29, 0.717) is 0 Å². The molecule has 25 heavy (non-hydrogen) atoms. The molecular formula is C12H17N3O10. The van der Waals surface area contributed by atoms with E-state index in [1.165, 1.54) is 0 Å². The second-order valence-electron chi connectivity index (χ2n) is 4.41. The van der Waals surface area contributed by atoms with Crippen LogP contribution in [-0.2, 0) is 24.0 Å². The third-order valence-corrected chi connectivity index (χ3v) is 2.26. The van der Waals surface area contributed by atoms with Gasteiger partial charge in [0, 0.05) is 13.1 Å². The van der Waals surface area contributed by atoms with Gasteiger partial charge >= 0.3 is 29.8 Å². The van der Waals surface area contributed by atoms with Crippen LogP contribution in [0.25, 0.3) is 0 Å². The highest BCUT2D eigenvalue weighted by atomic mass is 16.4. The van der Waals surface area contributed by atoms with Crippen LogP contribution in [0.2, 0.25) is 0 Å². The van der Waals surface area contributed by atoms with Gasteiger partial charge in [-0.05, 0) is 0 Å². The maximum atomic E-state index is 10.6. The molecule has 0 unspecified atom stereocenters. The molecule has 5 N–H and O–H groups in total. The Kier molecular flexibility index (Phi) is 12.7. The van der Waals surface area contributed by atoms with Crippen LogP contribution in [0.4, 0.5) is 0 Å². The van der Waals surface area contributed by atoms with Crippen molar-refractivity contribution in [2.75, 3.05) is 39.3 Å². The molecule has 0 aromatic rings. The first-order valence-corrected chi connectivity index (χ1v) is 6.42. The minimum Gasteiger partial charge on any atom is -0.480 e. The Bertz CT molecular complexity index is 474. The predicted molar refractivity (Wildman–Crippen MR) is 76.7 cm³/mol. The number of hydrogen-bond acceptors (Lipinski definition) is 8. The van der Waals surface area contributed by atoms with Crippen molar-refractivity contribution < 1.29 is 49.5 Å². The van der Waals surface area contributed by atoms with Crippen molar-refractivity contribution in [3.63, 3.8) is 0 Å². The summed E-state index contributed by atoms with van der Waals surface area (Å²) in [5.74, 6) is -6.35. The zero-order valence-corrected chi connectivity index (χ0v) is 12.9. The van der Waals surface area contributed by atoms with E-state index >= 15 is 0 Å². The highest BCUT2D eigenvalue weighted by Gasteiger charge is 2.17. The van der Waals surface area contributed by atoms with Crippen molar-refractivity contribution >= 4 is 29.8 Å². The fraction of sp³-hybridized carbons (Fsp3) is 0.500. The molecule has 13 heteroatoms. The summed E-state index contributed by atoms with van der Waals surface area (Å²) < 4.78 is 0. The van der Waals surface area contributed by atoms with E-state index in [1.54, 1.807) is 0 Å². The molecular weight excluding hydrogens is 346 g/mol. The summed E-state index contributed by atoms with van der Waals surface area (Å²) in [6.45, 7) is -2.25. The van der Waals surface area contributed by atoms with Gasteiger partial charge in [0.1, 0.15) is 0 Å². The third kappa shape index (κ3) is 18.7. The van der Waals surface area contributed by atoms with Gasteiger partial charge in [0.15, 0.2) is 6.07 Å². The molecule has 0 aromatic heterocycles. The molecule has 0 aromatic carbocycles. The number of aliphatic carboxylic acids is 5. The SMILES string of the molecule is N#CC(=O)O.O=C(O)CN(CCN(CC(=O)O)CC(=O)O)CC(=O)O. The van der Waals surface area contributed by atoms with Crippen LogP contribution in [-0.4, -0.2) is 104 Å². The van der Waals surface area contributed by atoms with Crippen molar-refractivity contribution in [1.82, 2.24) is 9.80 Å². The van der Waals surface area contributed by atoms with E-state index in [0.717, 1.165) is 15.9 Å². The Morgan fingerprint density at radius 3 is 0.960 bits per heavy atom. The molecule has 0 aliphatic heterocycles. The van der Waals surface area contributed by atoms with Gasteiger partial charge in [0.2, 0.25) is 0 Å². The van der Waals surface area contributed by atoms with Gasteiger partial charge in [-0.15, -0.1) is 0 Å². The monoisotopic (exact) mass is 363 g/mol. The zero-order valence-electron chi connectivity index (χ0n) is 12.9. The second kappa shape index (κ2) is 13.2. The van der Waals surface area contributed by atoms with Crippen molar-refractivity contribution in [3.8, 4) is 6.07 Å². The Morgan fingerprint density at radius 2 is 0.840 bits per heavy atom. The maximum Gasteiger partial charge on any atom is 0.408 e.